The third kappa shape index (κ3) is 8.49. The van der Waals surface area contributed by atoms with E-state index in [0.29, 0.717) is 31.2 Å². The fraction of sp³-hybridized carbons (Fsp3) is 0.580. The molecule has 12 nitrogen and oxygen atoms in total. The summed E-state index contributed by atoms with van der Waals surface area (Å²) >= 11 is 0. The minimum absolute atomic E-state index is 0.212. The Morgan fingerprint density at radius 1 is 0.516 bits per heavy atom. The quantitative estimate of drug-likeness (QED) is 0.0631. The summed E-state index contributed by atoms with van der Waals surface area (Å²) in [4.78, 5) is 72.5. The molecule has 5 N–H and O–H groups in total. The normalized spacial score (nSPS) is 16.3. The summed E-state index contributed by atoms with van der Waals surface area (Å²) in [7, 11) is 0. The molecule has 1 aliphatic heterocycles. The molecule has 0 atom stereocenters. The minimum Gasteiger partial charge on any atom is -0.351 e. The SMILES string of the molecule is CCC(CC)(NC(=O)c1ccc2ccc3cccc4ccc1c2c34)C(=O)NC(CC)(CC)C(=O)NC(CC)(CC)C(=O)NC(CC)(CC)C(=O)NC1CC(C)(C)N([O])C(C)(C)C1. The predicted molar refractivity (Wildman–Crippen MR) is 247 cm³/mol. The summed E-state index contributed by atoms with van der Waals surface area (Å²) in [6.45, 7) is 22.1. The number of nitrogens with one attached hydrogen (secondary N) is 5. The standard InChI is InChI=1S/C50H71N6O6/c1-13-47(14-2,41(58)51-35-30-45(9,10)56(62)46(11,12)31-35)53-43(60)49(17-5,18-6)55-44(61)50(19-7,20-8)54-42(59)48(15-3,16-4)52-40(57)37-29-27-34-25-24-32-22-21-23-33-26-28-36(37)39(34)38(32)33/h21-29,35H,13-20,30-31H2,1-12H3,(H,51,58)(H,52,57)(H,53,60)(H,54,59)(H,55,61). The number of nitrogens with zero attached hydrogens (tertiary/aromatic N) is 1. The van der Waals surface area contributed by atoms with Crippen LogP contribution in [0.2, 0.25) is 0 Å². The molecular weight excluding hydrogens is 781 g/mol. The van der Waals surface area contributed by atoms with Gasteiger partial charge in [-0.1, -0.05) is 104 Å². The van der Waals surface area contributed by atoms with Gasteiger partial charge in [-0.25, -0.2) is 0 Å². The van der Waals surface area contributed by atoms with Gasteiger partial charge in [0.1, 0.15) is 22.2 Å². The van der Waals surface area contributed by atoms with E-state index >= 15 is 0 Å². The minimum atomic E-state index is -1.43. The van der Waals surface area contributed by atoms with Gasteiger partial charge in [0, 0.05) is 22.7 Å². The first-order valence-electron chi connectivity index (χ1n) is 22.9. The molecule has 5 rings (SSSR count). The Morgan fingerprint density at radius 2 is 0.871 bits per heavy atom. The smallest absolute Gasteiger partial charge is 0.252 e. The summed E-state index contributed by atoms with van der Waals surface area (Å²) in [5, 5.41) is 35.7. The lowest BCUT2D eigenvalue weighted by Gasteiger charge is -2.50. The van der Waals surface area contributed by atoms with Crippen molar-refractivity contribution in [1.82, 2.24) is 31.6 Å². The number of carbonyl (C=O) groups is 5. The van der Waals surface area contributed by atoms with Crippen LogP contribution in [0.4, 0.5) is 0 Å². The zero-order valence-corrected chi connectivity index (χ0v) is 39.2. The fourth-order valence-corrected chi connectivity index (χ4v) is 10.1. The molecule has 0 aromatic heterocycles. The van der Waals surface area contributed by atoms with Crippen LogP contribution >= 0.6 is 0 Å². The molecule has 4 aromatic carbocycles. The Bertz CT molecular complexity index is 2250. The van der Waals surface area contributed by atoms with E-state index in [1.165, 1.54) is 0 Å². The lowest BCUT2D eigenvalue weighted by Crippen LogP contribution is -2.71. The van der Waals surface area contributed by atoms with Gasteiger partial charge in [-0.15, -0.1) is 10.3 Å². The second-order valence-electron chi connectivity index (χ2n) is 18.9. The average molecular weight is 852 g/mol. The Morgan fingerprint density at radius 3 is 1.29 bits per heavy atom. The van der Waals surface area contributed by atoms with Crippen molar-refractivity contribution in [3.8, 4) is 0 Å². The number of benzene rings is 4. The van der Waals surface area contributed by atoms with Crippen LogP contribution in [0, 0.1) is 0 Å². The monoisotopic (exact) mass is 852 g/mol. The molecule has 0 saturated carbocycles. The molecule has 1 aliphatic rings. The highest BCUT2D eigenvalue weighted by Gasteiger charge is 2.51. The predicted octanol–water partition coefficient (Wildman–Crippen LogP) is 8.38. The molecule has 337 valence electrons. The van der Waals surface area contributed by atoms with Crippen LogP contribution in [0.15, 0.2) is 54.6 Å². The molecule has 1 saturated heterocycles. The zero-order chi connectivity index (χ0) is 46.1. The highest BCUT2D eigenvalue weighted by atomic mass is 16.5. The molecular formula is C50H71N6O6. The number of hydrogen-bond acceptors (Lipinski definition) is 6. The average Bonchev–Trinajstić information content (AvgIpc) is 3.26. The van der Waals surface area contributed by atoms with Crippen LogP contribution in [0.5, 0.6) is 0 Å². The van der Waals surface area contributed by atoms with E-state index in [-0.39, 0.29) is 56.4 Å². The van der Waals surface area contributed by atoms with Crippen molar-refractivity contribution >= 4 is 61.9 Å². The number of rotatable bonds is 18. The van der Waals surface area contributed by atoms with Gasteiger partial charge in [-0.3, -0.25) is 24.0 Å². The molecule has 1 fully saturated rings. The van der Waals surface area contributed by atoms with E-state index in [1.807, 2.05) is 107 Å². The number of hydrogen-bond donors (Lipinski definition) is 5. The van der Waals surface area contributed by atoms with Gasteiger partial charge in [-0.05, 0) is 130 Å². The summed E-state index contributed by atoms with van der Waals surface area (Å²) in [6, 6.07) is 17.7. The fourth-order valence-electron chi connectivity index (χ4n) is 10.1. The highest BCUT2D eigenvalue weighted by Crippen LogP contribution is 2.38. The van der Waals surface area contributed by atoms with Crippen LogP contribution in [-0.2, 0) is 24.4 Å². The Kier molecular flexibility index (Phi) is 14.1. The first-order chi connectivity index (χ1) is 29.2. The second kappa shape index (κ2) is 18.1. The molecule has 5 amide bonds. The highest BCUT2D eigenvalue weighted by molar-refractivity contribution is 6.26. The van der Waals surface area contributed by atoms with E-state index in [0.717, 1.165) is 37.4 Å². The second-order valence-corrected chi connectivity index (χ2v) is 18.9. The maximum Gasteiger partial charge on any atom is 0.252 e. The number of carbonyl (C=O) groups excluding carboxylic acids is 5. The van der Waals surface area contributed by atoms with Gasteiger partial charge < -0.3 is 26.6 Å². The van der Waals surface area contributed by atoms with E-state index in [1.54, 1.807) is 6.07 Å². The van der Waals surface area contributed by atoms with Crippen molar-refractivity contribution in [1.29, 1.82) is 0 Å². The first-order valence-corrected chi connectivity index (χ1v) is 22.9. The van der Waals surface area contributed by atoms with Crippen molar-refractivity contribution in [3.05, 3.63) is 60.2 Å². The molecule has 0 spiro atoms. The topological polar surface area (TPSA) is 169 Å². The maximum atomic E-state index is 14.7. The summed E-state index contributed by atoms with van der Waals surface area (Å²) in [6.07, 6.45) is 2.89. The number of hydroxylamine groups is 2. The Labute approximate surface area is 368 Å². The Balaban J connectivity index is 1.38. The van der Waals surface area contributed by atoms with Gasteiger partial charge in [-0.2, -0.15) is 0 Å². The van der Waals surface area contributed by atoms with Gasteiger partial charge >= 0.3 is 0 Å². The third-order valence-corrected chi connectivity index (χ3v) is 14.7. The number of amides is 5. The molecule has 4 aromatic rings. The third-order valence-electron chi connectivity index (χ3n) is 14.7. The van der Waals surface area contributed by atoms with E-state index in [2.05, 4.69) is 50.8 Å². The van der Waals surface area contributed by atoms with E-state index in [9.17, 15) is 29.2 Å². The van der Waals surface area contributed by atoms with Crippen molar-refractivity contribution in [2.75, 3.05) is 0 Å². The van der Waals surface area contributed by atoms with Gasteiger partial charge in [0.05, 0.1) is 0 Å². The molecule has 12 heteroatoms. The van der Waals surface area contributed by atoms with Crippen molar-refractivity contribution < 1.29 is 29.2 Å². The van der Waals surface area contributed by atoms with Gasteiger partial charge in [0.15, 0.2) is 0 Å². The molecule has 1 heterocycles. The largest absolute Gasteiger partial charge is 0.351 e. The van der Waals surface area contributed by atoms with E-state index < -0.39 is 51.0 Å². The van der Waals surface area contributed by atoms with Crippen LogP contribution < -0.4 is 26.6 Å². The van der Waals surface area contributed by atoms with Crippen LogP contribution in [0.1, 0.15) is 158 Å². The van der Waals surface area contributed by atoms with Crippen LogP contribution in [0.25, 0.3) is 32.3 Å². The maximum absolute atomic E-state index is 14.7. The van der Waals surface area contributed by atoms with Crippen molar-refractivity contribution in [3.63, 3.8) is 0 Å². The molecule has 0 bridgehead atoms. The summed E-state index contributed by atoms with van der Waals surface area (Å²) in [5.41, 5.74) is -6.42. The lowest BCUT2D eigenvalue weighted by molar-refractivity contribution is -0.290. The first kappa shape index (κ1) is 48.2. The van der Waals surface area contributed by atoms with Crippen LogP contribution in [-0.4, -0.2) is 73.9 Å². The Hall–Kier alpha value is -4.81. The summed E-state index contributed by atoms with van der Waals surface area (Å²) in [5.74, 6) is -2.22. The molecule has 62 heavy (non-hydrogen) atoms. The molecule has 0 unspecified atom stereocenters. The van der Waals surface area contributed by atoms with Gasteiger partial charge in [0.2, 0.25) is 23.6 Å². The number of piperidine rings is 1. The molecule has 0 aliphatic carbocycles. The van der Waals surface area contributed by atoms with Crippen LogP contribution in [0.3, 0.4) is 0 Å². The van der Waals surface area contributed by atoms with E-state index in [4.69, 9.17) is 0 Å². The molecule has 1 radical (unpaired) electrons. The van der Waals surface area contributed by atoms with Gasteiger partial charge in [0.25, 0.3) is 5.91 Å². The lowest BCUT2D eigenvalue weighted by atomic mass is 9.78. The zero-order valence-electron chi connectivity index (χ0n) is 39.2. The van der Waals surface area contributed by atoms with Crippen molar-refractivity contribution in [2.24, 2.45) is 0 Å². The van der Waals surface area contributed by atoms with Crippen molar-refractivity contribution in [2.45, 2.75) is 187 Å². The summed E-state index contributed by atoms with van der Waals surface area (Å²) < 4.78 is 0.